The van der Waals surface area contributed by atoms with Crippen molar-refractivity contribution < 1.29 is 26.1 Å². The summed E-state index contributed by atoms with van der Waals surface area (Å²) >= 11 is 0. The lowest BCUT2D eigenvalue weighted by Crippen LogP contribution is -2.32. The molecule has 0 radical (unpaired) electrons. The molecule has 0 rings (SSSR count). The second-order valence-electron chi connectivity index (χ2n) is 10.2. The average Bonchev–Trinajstić information content (AvgIpc) is 2.78. The van der Waals surface area contributed by atoms with Crippen LogP contribution in [0.1, 0.15) is 156 Å². The minimum Gasteiger partial charge on any atom is -0.279 e. The summed E-state index contributed by atoms with van der Waals surface area (Å²) in [6.45, 7) is 9.38. The van der Waals surface area contributed by atoms with Crippen LogP contribution in [0.3, 0.4) is 0 Å². The molecule has 35 heavy (non-hydrogen) atoms. The summed E-state index contributed by atoms with van der Waals surface area (Å²) in [5.74, 6) is 0.939. The van der Waals surface area contributed by atoms with Crippen molar-refractivity contribution in [1.82, 2.24) is 0 Å². The molecule has 0 spiro atoms. The zero-order chi connectivity index (χ0) is 27.2. The van der Waals surface area contributed by atoms with Crippen molar-refractivity contribution in [3.05, 3.63) is 0 Å². The van der Waals surface area contributed by atoms with Gasteiger partial charge in [0.2, 0.25) is 0 Å². The van der Waals surface area contributed by atoms with Crippen molar-refractivity contribution in [3.8, 4) is 0 Å². The van der Waals surface area contributed by atoms with Crippen LogP contribution in [0.15, 0.2) is 0 Å². The highest BCUT2D eigenvalue weighted by Crippen LogP contribution is 2.43. The topological polar surface area (TPSA) is 54.4 Å². The Kier molecular flexibility index (Phi) is 23.6. The SMILES string of the molecule is CCCCCCCCCCCCC(CCCC)C(P)(CCCC)CCCC.O=S(=O)(O)C(F)(F)F. The first-order valence-corrected chi connectivity index (χ1v) is 16.2. The third-order valence-electron chi connectivity index (χ3n) is 6.91. The average molecular weight is 549 g/mol. The van der Waals surface area contributed by atoms with Crippen LogP contribution in [0.2, 0.25) is 0 Å². The zero-order valence-corrected chi connectivity index (χ0v) is 25.1. The molecule has 0 saturated carbocycles. The van der Waals surface area contributed by atoms with Gasteiger partial charge in [0.15, 0.2) is 0 Å². The van der Waals surface area contributed by atoms with E-state index >= 15 is 0 Å². The number of alkyl halides is 3. The summed E-state index contributed by atoms with van der Waals surface area (Å²) in [6.07, 6.45) is 28.7. The van der Waals surface area contributed by atoms with Crippen molar-refractivity contribution in [2.45, 2.75) is 167 Å². The molecule has 1 N–H and O–H groups in total. The summed E-state index contributed by atoms with van der Waals surface area (Å²) in [5, 5.41) is 0.528. The number of hydrogen-bond acceptors (Lipinski definition) is 2. The Morgan fingerprint density at radius 2 is 0.943 bits per heavy atom. The Bertz CT molecular complexity index is 561. The van der Waals surface area contributed by atoms with Gasteiger partial charge in [0.1, 0.15) is 0 Å². The Morgan fingerprint density at radius 1 is 0.629 bits per heavy atom. The van der Waals surface area contributed by atoms with Crippen LogP contribution in [0.4, 0.5) is 13.2 Å². The molecule has 2 unspecified atom stereocenters. The van der Waals surface area contributed by atoms with Crippen LogP contribution in [-0.4, -0.2) is 23.6 Å². The highest BCUT2D eigenvalue weighted by molar-refractivity contribution is 7.86. The van der Waals surface area contributed by atoms with Gasteiger partial charge in [0.25, 0.3) is 0 Å². The second kappa shape index (κ2) is 22.1. The molecule has 0 aromatic heterocycles. The van der Waals surface area contributed by atoms with Gasteiger partial charge in [-0.15, -0.1) is 9.24 Å². The highest BCUT2D eigenvalue weighted by atomic mass is 32.2. The molecular formula is C27H56F3O3PS. The van der Waals surface area contributed by atoms with E-state index in [0.29, 0.717) is 5.16 Å². The van der Waals surface area contributed by atoms with E-state index < -0.39 is 15.6 Å². The predicted molar refractivity (Wildman–Crippen MR) is 149 cm³/mol. The van der Waals surface area contributed by atoms with E-state index in [4.69, 9.17) is 13.0 Å². The normalized spacial score (nSPS) is 13.4. The van der Waals surface area contributed by atoms with Crippen LogP contribution in [0, 0.1) is 5.92 Å². The van der Waals surface area contributed by atoms with Gasteiger partial charge in [-0.05, 0) is 36.8 Å². The van der Waals surface area contributed by atoms with E-state index in [0.717, 1.165) is 5.92 Å². The summed E-state index contributed by atoms with van der Waals surface area (Å²) in [4.78, 5) is 0. The van der Waals surface area contributed by atoms with Crippen LogP contribution in [-0.2, 0) is 10.1 Å². The fraction of sp³-hybridized carbons (Fsp3) is 1.00. The van der Waals surface area contributed by atoms with Gasteiger partial charge in [-0.1, -0.05) is 130 Å². The largest absolute Gasteiger partial charge is 0.522 e. The maximum absolute atomic E-state index is 10.7. The van der Waals surface area contributed by atoms with Crippen molar-refractivity contribution in [1.29, 1.82) is 0 Å². The summed E-state index contributed by atoms with van der Waals surface area (Å²) in [5.41, 5.74) is -5.53. The predicted octanol–water partition coefficient (Wildman–Crippen LogP) is 10.5. The molecule has 0 fully saturated rings. The Labute approximate surface area is 218 Å². The van der Waals surface area contributed by atoms with Crippen LogP contribution in [0.5, 0.6) is 0 Å². The second-order valence-corrected chi connectivity index (χ2v) is 12.7. The molecule has 2 atom stereocenters. The Balaban J connectivity index is 0. The van der Waals surface area contributed by atoms with Crippen molar-refractivity contribution in [2.24, 2.45) is 5.92 Å². The lowest BCUT2D eigenvalue weighted by Gasteiger charge is -2.39. The fourth-order valence-electron chi connectivity index (χ4n) is 4.59. The van der Waals surface area contributed by atoms with E-state index in [9.17, 15) is 13.2 Å². The third-order valence-corrected chi connectivity index (χ3v) is 8.54. The number of halogens is 3. The highest BCUT2D eigenvalue weighted by Gasteiger charge is 2.44. The lowest BCUT2D eigenvalue weighted by atomic mass is 9.77. The molecule has 0 saturated heterocycles. The molecule has 0 aliphatic carbocycles. The van der Waals surface area contributed by atoms with Gasteiger partial charge >= 0.3 is 15.6 Å². The first-order valence-electron chi connectivity index (χ1n) is 14.2. The molecule has 0 heterocycles. The van der Waals surface area contributed by atoms with Gasteiger partial charge < -0.3 is 0 Å². The standard InChI is InChI=1S/C26H55P.CHF3O3S/c1-5-9-13-14-15-16-17-18-19-20-22-25(21-10-6-2)26(27,23-11-7-3)24-12-8-4;2-1(3,4)8(5,6)7/h25H,5-24,27H2,1-4H3;(H,5,6,7). The molecule has 3 nitrogen and oxygen atoms in total. The number of rotatable bonds is 21. The van der Waals surface area contributed by atoms with Crippen molar-refractivity contribution in [3.63, 3.8) is 0 Å². The molecule has 0 amide bonds. The van der Waals surface area contributed by atoms with Gasteiger partial charge in [0.05, 0.1) is 0 Å². The molecule has 214 valence electrons. The van der Waals surface area contributed by atoms with Gasteiger partial charge in [-0.2, -0.15) is 21.6 Å². The summed E-state index contributed by atoms with van der Waals surface area (Å²) < 4.78 is 57.5. The molecule has 0 aromatic carbocycles. The maximum Gasteiger partial charge on any atom is 0.522 e. The zero-order valence-electron chi connectivity index (χ0n) is 23.1. The van der Waals surface area contributed by atoms with Gasteiger partial charge in [0, 0.05) is 0 Å². The molecule has 0 bridgehead atoms. The molecule has 0 aliphatic heterocycles. The summed E-state index contributed by atoms with van der Waals surface area (Å²) in [6, 6.07) is 0. The fourth-order valence-corrected chi connectivity index (χ4v) is 5.33. The van der Waals surface area contributed by atoms with Crippen LogP contribution in [0.25, 0.3) is 0 Å². The molecule has 0 aromatic rings. The number of unbranched alkanes of at least 4 members (excludes halogenated alkanes) is 12. The quantitative estimate of drug-likeness (QED) is 0.0672. The molecule has 0 aliphatic rings. The maximum atomic E-state index is 10.7. The smallest absolute Gasteiger partial charge is 0.279 e. The van der Waals surface area contributed by atoms with E-state index in [1.165, 1.54) is 128 Å². The monoisotopic (exact) mass is 548 g/mol. The van der Waals surface area contributed by atoms with Crippen molar-refractivity contribution in [2.75, 3.05) is 0 Å². The number of hydrogen-bond donors (Lipinski definition) is 1. The van der Waals surface area contributed by atoms with E-state index in [-0.39, 0.29) is 0 Å². The van der Waals surface area contributed by atoms with E-state index in [2.05, 4.69) is 36.9 Å². The third kappa shape index (κ3) is 20.8. The van der Waals surface area contributed by atoms with E-state index in [1.54, 1.807) is 0 Å². The molecular weight excluding hydrogens is 492 g/mol. The van der Waals surface area contributed by atoms with Gasteiger partial charge in [-0.3, -0.25) is 4.55 Å². The molecule has 8 heteroatoms. The Morgan fingerprint density at radius 3 is 1.29 bits per heavy atom. The van der Waals surface area contributed by atoms with Gasteiger partial charge in [-0.25, -0.2) is 0 Å². The first-order chi connectivity index (χ1) is 16.4. The minimum atomic E-state index is -5.84. The van der Waals surface area contributed by atoms with Crippen LogP contribution >= 0.6 is 9.24 Å². The lowest BCUT2D eigenvalue weighted by molar-refractivity contribution is -0.0510. The summed E-state index contributed by atoms with van der Waals surface area (Å²) in [7, 11) is -2.45. The van der Waals surface area contributed by atoms with Crippen LogP contribution < -0.4 is 0 Å². The Hall–Kier alpha value is 0.130. The van der Waals surface area contributed by atoms with E-state index in [1.807, 2.05) is 0 Å². The minimum absolute atomic E-state index is 0.528. The van der Waals surface area contributed by atoms with Crippen molar-refractivity contribution >= 4 is 19.4 Å². The first kappa shape index (κ1) is 37.3.